The van der Waals surface area contributed by atoms with Crippen LogP contribution in [0, 0.1) is 14.4 Å². The third-order valence-corrected chi connectivity index (χ3v) is 0.125. The second-order valence-corrected chi connectivity index (χ2v) is 0.535. The van der Waals surface area contributed by atoms with E-state index in [2.05, 4.69) is 6.92 Å². The smallest absolute Gasteiger partial charge is 0.105 e. The minimum absolute atomic E-state index is 0. The number of carbonyl (C=O) groups excluding carboxylic acids is 1. The number of hydrogen-bond acceptors (Lipinski definition) is 2. The monoisotopic (exact) mass is 178 g/mol. The summed E-state index contributed by atoms with van der Waals surface area (Å²) < 4.78 is 0. The van der Waals surface area contributed by atoms with Gasteiger partial charge in [-0.25, -0.2) is 0 Å². The van der Waals surface area contributed by atoms with Gasteiger partial charge >= 0.3 is 0 Å². The zero-order chi connectivity index (χ0) is 4.28. The second-order valence-electron chi connectivity index (χ2n) is 0.535. The van der Waals surface area contributed by atoms with Crippen LogP contribution in [-0.4, -0.2) is 11.1 Å². The van der Waals surface area contributed by atoms with Gasteiger partial charge in [0.1, 0.15) is 5.91 Å². The van der Waals surface area contributed by atoms with E-state index < -0.39 is 5.91 Å². The van der Waals surface area contributed by atoms with E-state index in [1.807, 2.05) is 0 Å². The summed E-state index contributed by atoms with van der Waals surface area (Å²) in [4.78, 5) is 9.34. The molecule has 0 aliphatic carbocycles. The van der Waals surface area contributed by atoms with Crippen molar-refractivity contribution in [3.05, 3.63) is 14.4 Å². The van der Waals surface area contributed by atoms with Crippen molar-refractivity contribution >= 4 is 5.91 Å². The van der Waals surface area contributed by atoms with Crippen LogP contribution in [0.2, 0.25) is 0 Å². The fraction of sp³-hybridized carbons (Fsp3) is 0. The molecule has 0 unspecified atom stereocenters. The molecule has 0 aromatic carbocycles. The topological polar surface area (TPSA) is 49.3 Å². The summed E-state index contributed by atoms with van der Waals surface area (Å²) >= 11 is 0. The third-order valence-electron chi connectivity index (χ3n) is 0.125. The van der Waals surface area contributed by atoms with Gasteiger partial charge in [-0.3, -0.25) is 10.7 Å². The number of carbonyl (C=O) groups is 1. The Morgan fingerprint density at radius 2 is 1.86 bits per heavy atom. The molecule has 3 nitrogen and oxygen atoms in total. The van der Waals surface area contributed by atoms with E-state index in [9.17, 15) is 4.79 Å². The zero-order valence-corrected chi connectivity index (χ0v) is 6.98. The Morgan fingerprint density at radius 3 is 1.86 bits per heavy atom. The molecule has 7 heavy (non-hydrogen) atoms. The summed E-state index contributed by atoms with van der Waals surface area (Å²) in [6.07, 6.45) is 0. The van der Waals surface area contributed by atoms with Gasteiger partial charge in [0.05, 0.1) is 0 Å². The average molecular weight is 178 g/mol. The van der Waals surface area contributed by atoms with Gasteiger partial charge in [0.2, 0.25) is 0 Å². The van der Waals surface area contributed by atoms with E-state index in [-0.39, 0.29) is 40.1 Å². The molecule has 0 atom stereocenters. The van der Waals surface area contributed by atoms with Crippen LogP contribution >= 0.6 is 0 Å². The van der Waals surface area contributed by atoms with Crippen LogP contribution in [0.4, 0.5) is 0 Å². The van der Waals surface area contributed by atoms with Crippen molar-refractivity contribution in [2.75, 3.05) is 0 Å². The van der Waals surface area contributed by atoms with Crippen molar-refractivity contribution in [3.63, 3.8) is 0 Å². The van der Waals surface area contributed by atoms with Crippen LogP contribution in [0.15, 0.2) is 0 Å². The van der Waals surface area contributed by atoms with Crippen LogP contribution < -0.4 is 5.48 Å². The van der Waals surface area contributed by atoms with E-state index >= 15 is 0 Å². The van der Waals surface area contributed by atoms with Crippen molar-refractivity contribution in [1.82, 2.24) is 5.48 Å². The van der Waals surface area contributed by atoms with E-state index in [0.717, 1.165) is 0 Å². The molecule has 0 heterocycles. The molecule has 0 aliphatic rings. The predicted molar refractivity (Wildman–Crippen MR) is 21.7 cm³/mol. The van der Waals surface area contributed by atoms with Gasteiger partial charge in [0, 0.05) is 32.7 Å². The maximum Gasteiger partial charge on any atom is 0.105 e. The first-order valence-corrected chi connectivity index (χ1v) is 1.03. The Labute approximate surface area is 68.3 Å². The molecule has 0 rings (SSSR count). The number of hydroxylamine groups is 1. The summed E-state index contributed by atoms with van der Waals surface area (Å²) in [7, 11) is 0. The van der Waals surface area contributed by atoms with Crippen LogP contribution in [-0.2, 0) is 37.5 Å². The summed E-state index contributed by atoms with van der Waals surface area (Å²) in [5.74, 6) is -0.690. The first kappa shape index (κ1) is 15.7. The van der Waals surface area contributed by atoms with Crippen LogP contribution in [0.1, 0.15) is 0 Å². The number of nitrogens with one attached hydrogen (secondary N) is 1. The maximum absolute atomic E-state index is 9.34. The zero-order valence-electron chi connectivity index (χ0n) is 4.14. The Kier molecular flexibility index (Phi) is 21.6. The molecule has 4 heteroatoms. The normalized spacial score (nSPS) is 4.71. The molecular formula is C3H7NO2Y-2. The van der Waals surface area contributed by atoms with Crippen LogP contribution in [0.25, 0.3) is 0 Å². The Balaban J connectivity index is -0.0000000800. The van der Waals surface area contributed by atoms with Crippen molar-refractivity contribution in [3.8, 4) is 0 Å². The van der Waals surface area contributed by atoms with Gasteiger partial charge in [-0.15, -0.1) is 0 Å². The molecular weight excluding hydrogens is 171 g/mol. The molecule has 0 aromatic rings. The van der Waals surface area contributed by atoms with Crippen molar-refractivity contribution < 1.29 is 42.7 Å². The molecule has 0 aromatic heterocycles. The van der Waals surface area contributed by atoms with Crippen LogP contribution in [0.5, 0.6) is 0 Å². The predicted octanol–water partition coefficient (Wildman–Crippen LogP) is -0.226. The summed E-state index contributed by atoms with van der Waals surface area (Å²) in [5, 5.41) is 7.48. The second kappa shape index (κ2) is 9.64. The standard InChI is InChI=1S/C2H4NO2.CH3.Y/c1-2(4)3-5;;/h5H,1H2,(H,3,4);1H3;/q2*-1;. The van der Waals surface area contributed by atoms with Gasteiger partial charge in [-0.05, 0) is 0 Å². The molecule has 0 bridgehead atoms. The third kappa shape index (κ3) is 21.5. The molecule has 1 radical (unpaired) electrons. The summed E-state index contributed by atoms with van der Waals surface area (Å²) in [6, 6.07) is 0. The fourth-order valence-electron chi connectivity index (χ4n) is 0. The van der Waals surface area contributed by atoms with E-state index in [4.69, 9.17) is 5.21 Å². The fourth-order valence-corrected chi connectivity index (χ4v) is 0. The first-order chi connectivity index (χ1) is 2.27. The van der Waals surface area contributed by atoms with Crippen molar-refractivity contribution in [1.29, 1.82) is 0 Å². The van der Waals surface area contributed by atoms with Crippen molar-refractivity contribution in [2.45, 2.75) is 0 Å². The quantitative estimate of drug-likeness (QED) is 0.306. The molecule has 1 amide bonds. The van der Waals surface area contributed by atoms with Crippen molar-refractivity contribution in [2.24, 2.45) is 0 Å². The Bertz CT molecular complexity index is 48.2. The Hall–Kier alpha value is 0.404. The van der Waals surface area contributed by atoms with E-state index in [0.29, 0.717) is 0 Å². The summed E-state index contributed by atoms with van der Waals surface area (Å²) in [5.41, 5.74) is 1.28. The van der Waals surface area contributed by atoms with Gasteiger partial charge in [-0.2, -0.15) is 0 Å². The van der Waals surface area contributed by atoms with Gasteiger partial charge in [-0.1, -0.05) is 0 Å². The maximum atomic E-state index is 9.34. The first-order valence-electron chi connectivity index (χ1n) is 1.03. The summed E-state index contributed by atoms with van der Waals surface area (Å²) in [6.45, 7) is 2.76. The number of amides is 1. The average Bonchev–Trinajstić information content (AvgIpc) is 1.38. The van der Waals surface area contributed by atoms with Gasteiger partial charge < -0.3 is 19.1 Å². The molecule has 41 valence electrons. The Morgan fingerprint density at radius 1 is 1.71 bits per heavy atom. The molecule has 0 spiro atoms. The molecule has 0 saturated carbocycles. The van der Waals surface area contributed by atoms with Gasteiger partial charge in [0.15, 0.2) is 0 Å². The number of rotatable bonds is 0. The minimum atomic E-state index is -0.690. The largest absolute Gasteiger partial charge is 0.358 e. The van der Waals surface area contributed by atoms with Crippen LogP contribution in [0.3, 0.4) is 0 Å². The van der Waals surface area contributed by atoms with E-state index in [1.54, 1.807) is 0 Å². The molecule has 0 saturated heterocycles. The SMILES string of the molecule is [CH2-]C(=O)NO.[CH3-].[Y]. The minimum Gasteiger partial charge on any atom is -0.358 e. The number of hydrogen-bond donors (Lipinski definition) is 2. The van der Waals surface area contributed by atoms with Gasteiger partial charge in [0.25, 0.3) is 0 Å². The van der Waals surface area contributed by atoms with E-state index in [1.165, 1.54) is 5.48 Å². The molecule has 2 N–H and O–H groups in total. The molecule has 0 aliphatic heterocycles. The molecule has 0 fully saturated rings.